The molecule has 1 saturated heterocycles. The summed E-state index contributed by atoms with van der Waals surface area (Å²) in [5.41, 5.74) is 5.00. The third kappa shape index (κ3) is 6.18. The topological polar surface area (TPSA) is 72.3 Å². The van der Waals surface area contributed by atoms with Gasteiger partial charge in [0, 0.05) is 67.7 Å². The van der Waals surface area contributed by atoms with E-state index in [-0.39, 0.29) is 5.91 Å². The smallest absolute Gasteiger partial charge is 0.248 e. The highest BCUT2D eigenvalue weighted by molar-refractivity contribution is 6.02. The van der Waals surface area contributed by atoms with Gasteiger partial charge in [-0.15, -0.1) is 0 Å². The van der Waals surface area contributed by atoms with Crippen molar-refractivity contribution < 1.29 is 9.53 Å². The Bertz CT molecular complexity index is 1130. The van der Waals surface area contributed by atoms with Crippen LogP contribution >= 0.6 is 0 Å². The van der Waals surface area contributed by atoms with E-state index in [4.69, 9.17) is 4.74 Å². The zero-order valence-electron chi connectivity index (χ0n) is 19.4. The van der Waals surface area contributed by atoms with Crippen LogP contribution < -0.4 is 5.32 Å². The molecule has 0 atom stereocenters. The molecule has 0 spiro atoms. The van der Waals surface area contributed by atoms with Crippen molar-refractivity contribution in [2.45, 2.75) is 25.8 Å². The number of pyridine rings is 1. The molecule has 1 aliphatic heterocycles. The van der Waals surface area contributed by atoms with E-state index in [0.29, 0.717) is 0 Å². The van der Waals surface area contributed by atoms with Crippen molar-refractivity contribution in [3.63, 3.8) is 0 Å². The maximum Gasteiger partial charge on any atom is 0.248 e. The van der Waals surface area contributed by atoms with Gasteiger partial charge in [-0.3, -0.25) is 19.4 Å². The molecule has 1 amide bonds. The number of benzene rings is 1. The predicted molar refractivity (Wildman–Crippen MR) is 133 cm³/mol. The first-order chi connectivity index (χ1) is 16.7. The lowest BCUT2D eigenvalue weighted by Crippen LogP contribution is -2.37. The molecule has 7 heteroatoms. The second-order valence-corrected chi connectivity index (χ2v) is 9.08. The molecular formula is C27H31N5O2. The van der Waals surface area contributed by atoms with Crippen LogP contribution in [0, 0.1) is 5.92 Å². The number of ether oxygens (including phenoxy) is 1. The molecule has 3 aromatic rings. The summed E-state index contributed by atoms with van der Waals surface area (Å²) in [5.74, 6) is 0.604. The molecule has 3 heterocycles. The number of carbonyl (C=O) groups excluding carboxylic acids is 1. The fraction of sp³-hybridized carbons (Fsp3) is 0.370. The van der Waals surface area contributed by atoms with Crippen molar-refractivity contribution in [3.8, 4) is 11.1 Å². The summed E-state index contributed by atoms with van der Waals surface area (Å²) in [5, 5.41) is 7.44. The van der Waals surface area contributed by atoms with Crippen molar-refractivity contribution in [1.29, 1.82) is 0 Å². The number of carbonyl (C=O) groups is 1. The van der Waals surface area contributed by atoms with Crippen LogP contribution in [0.15, 0.2) is 61.2 Å². The largest absolute Gasteiger partial charge is 0.379 e. The minimum absolute atomic E-state index is 0.166. The van der Waals surface area contributed by atoms with Gasteiger partial charge in [0.25, 0.3) is 0 Å². The Kier molecular flexibility index (Phi) is 7.12. The van der Waals surface area contributed by atoms with E-state index in [1.807, 2.05) is 35.2 Å². The number of hydrogen-bond acceptors (Lipinski definition) is 5. The summed E-state index contributed by atoms with van der Waals surface area (Å²) in [6.45, 7) is 5.66. The Labute approximate surface area is 200 Å². The molecular weight excluding hydrogens is 426 g/mol. The predicted octanol–water partition coefficient (Wildman–Crippen LogP) is 3.88. The number of nitrogens with one attached hydrogen (secondary N) is 1. The zero-order valence-corrected chi connectivity index (χ0v) is 19.4. The molecule has 176 valence electrons. The molecule has 1 saturated carbocycles. The normalized spacial score (nSPS) is 16.7. The second kappa shape index (κ2) is 10.8. The van der Waals surface area contributed by atoms with Gasteiger partial charge in [-0.1, -0.05) is 12.1 Å². The van der Waals surface area contributed by atoms with E-state index < -0.39 is 0 Å². The van der Waals surface area contributed by atoms with Gasteiger partial charge in [0.05, 0.1) is 19.4 Å². The van der Waals surface area contributed by atoms with Crippen LogP contribution in [0.5, 0.6) is 0 Å². The molecule has 2 fully saturated rings. The molecule has 2 aliphatic rings. The minimum Gasteiger partial charge on any atom is -0.379 e. The molecule has 1 aromatic carbocycles. The van der Waals surface area contributed by atoms with Crippen LogP contribution in [0.1, 0.15) is 24.0 Å². The van der Waals surface area contributed by atoms with Crippen molar-refractivity contribution >= 4 is 17.7 Å². The summed E-state index contributed by atoms with van der Waals surface area (Å²) in [7, 11) is 0. The number of rotatable bonds is 9. The molecule has 1 N–H and O–H groups in total. The third-order valence-electron chi connectivity index (χ3n) is 6.39. The Morgan fingerprint density at radius 3 is 2.74 bits per heavy atom. The first-order valence-electron chi connectivity index (χ1n) is 12.1. The first-order valence-corrected chi connectivity index (χ1v) is 12.1. The maximum atomic E-state index is 12.5. The lowest BCUT2D eigenvalue weighted by Gasteiger charge is -2.26. The van der Waals surface area contributed by atoms with E-state index in [1.54, 1.807) is 18.5 Å². The Morgan fingerprint density at radius 2 is 1.94 bits per heavy atom. The van der Waals surface area contributed by atoms with E-state index in [9.17, 15) is 4.79 Å². The van der Waals surface area contributed by atoms with Crippen LogP contribution in [-0.4, -0.2) is 58.4 Å². The van der Waals surface area contributed by atoms with Crippen molar-refractivity contribution in [2.24, 2.45) is 5.92 Å². The molecule has 0 radical (unpaired) electrons. The van der Waals surface area contributed by atoms with Crippen molar-refractivity contribution in [3.05, 3.63) is 72.3 Å². The number of aromatic nitrogens is 3. The fourth-order valence-corrected chi connectivity index (χ4v) is 4.19. The number of anilines is 1. The standard InChI is InChI=1S/C27H31N5O2/c33-27(30-25-6-3-21(4-7-25)10-12-31-13-15-34-16-14-31)8-5-23-17-28-11-9-26(23)24-18-29-32(20-24)19-22-1-2-22/h3-9,11,17-18,20,22H,1-2,10,12-16,19H2,(H,30,33). The van der Waals surface area contributed by atoms with Crippen LogP contribution in [0.2, 0.25) is 0 Å². The van der Waals surface area contributed by atoms with Crippen LogP contribution in [0.25, 0.3) is 17.2 Å². The lowest BCUT2D eigenvalue weighted by atomic mass is 10.0. The molecule has 7 nitrogen and oxygen atoms in total. The van der Waals surface area contributed by atoms with Gasteiger partial charge in [-0.2, -0.15) is 5.10 Å². The SMILES string of the molecule is O=C(C=Cc1cnccc1-c1cnn(CC2CC2)c1)Nc1ccc(CCN2CCOCC2)cc1. The highest BCUT2D eigenvalue weighted by Crippen LogP contribution is 2.31. The molecule has 2 aromatic heterocycles. The van der Waals surface area contributed by atoms with Gasteiger partial charge in [0.2, 0.25) is 5.91 Å². The first kappa shape index (κ1) is 22.5. The van der Waals surface area contributed by atoms with Gasteiger partial charge in [0.1, 0.15) is 0 Å². The van der Waals surface area contributed by atoms with E-state index >= 15 is 0 Å². The van der Waals surface area contributed by atoms with Gasteiger partial charge < -0.3 is 10.1 Å². The quantitative estimate of drug-likeness (QED) is 0.494. The maximum absolute atomic E-state index is 12.5. The van der Waals surface area contributed by atoms with Crippen LogP contribution in [0.4, 0.5) is 5.69 Å². The highest BCUT2D eigenvalue weighted by Gasteiger charge is 2.22. The average molecular weight is 458 g/mol. The summed E-state index contributed by atoms with van der Waals surface area (Å²) < 4.78 is 7.41. The summed E-state index contributed by atoms with van der Waals surface area (Å²) >= 11 is 0. The van der Waals surface area contributed by atoms with Gasteiger partial charge >= 0.3 is 0 Å². The molecule has 5 rings (SSSR count). The number of amides is 1. The average Bonchev–Trinajstić information content (AvgIpc) is 3.57. The second-order valence-electron chi connectivity index (χ2n) is 9.08. The van der Waals surface area contributed by atoms with Crippen molar-refractivity contribution in [1.82, 2.24) is 19.7 Å². The van der Waals surface area contributed by atoms with Crippen LogP contribution in [0.3, 0.4) is 0 Å². The fourth-order valence-electron chi connectivity index (χ4n) is 4.19. The third-order valence-corrected chi connectivity index (χ3v) is 6.39. The van der Waals surface area contributed by atoms with E-state index in [2.05, 4.69) is 38.6 Å². The molecule has 0 bridgehead atoms. The van der Waals surface area contributed by atoms with Gasteiger partial charge in [-0.05, 0) is 60.6 Å². The summed E-state index contributed by atoms with van der Waals surface area (Å²) in [6.07, 6.45) is 14.5. The number of nitrogens with zero attached hydrogens (tertiary/aromatic N) is 4. The molecule has 34 heavy (non-hydrogen) atoms. The van der Waals surface area contributed by atoms with E-state index in [0.717, 1.165) is 74.1 Å². The lowest BCUT2D eigenvalue weighted by molar-refractivity contribution is -0.111. The minimum atomic E-state index is -0.166. The summed E-state index contributed by atoms with van der Waals surface area (Å²) in [6, 6.07) is 10.1. The number of hydrogen-bond donors (Lipinski definition) is 1. The molecule has 1 aliphatic carbocycles. The molecule has 0 unspecified atom stereocenters. The highest BCUT2D eigenvalue weighted by atomic mass is 16.5. The Balaban J connectivity index is 1.16. The van der Waals surface area contributed by atoms with Crippen molar-refractivity contribution in [2.75, 3.05) is 38.2 Å². The Morgan fingerprint density at radius 1 is 1.12 bits per heavy atom. The summed E-state index contributed by atoms with van der Waals surface area (Å²) in [4.78, 5) is 19.2. The zero-order chi connectivity index (χ0) is 23.2. The van der Waals surface area contributed by atoms with Crippen LogP contribution in [-0.2, 0) is 22.5 Å². The monoisotopic (exact) mass is 457 g/mol. The van der Waals surface area contributed by atoms with Gasteiger partial charge in [0.15, 0.2) is 0 Å². The van der Waals surface area contributed by atoms with E-state index in [1.165, 1.54) is 18.4 Å². The Hall–Kier alpha value is -3.29. The van der Waals surface area contributed by atoms with Gasteiger partial charge in [-0.25, -0.2) is 0 Å². The number of morpholine rings is 1.